The van der Waals surface area contributed by atoms with Crippen LogP contribution in [0.1, 0.15) is 33.6 Å². The lowest BCUT2D eigenvalue weighted by molar-refractivity contribution is -0.137. The molecule has 1 saturated heterocycles. The van der Waals surface area contributed by atoms with Gasteiger partial charge in [0.05, 0.1) is 6.42 Å². The average molecular weight is 197 g/mol. The van der Waals surface area contributed by atoms with Crippen molar-refractivity contribution in [3.8, 4) is 0 Å². The van der Waals surface area contributed by atoms with Crippen LogP contribution in [0.15, 0.2) is 0 Å². The molecule has 80 valence electrons. The quantitative estimate of drug-likeness (QED) is 0.629. The third-order valence-corrected chi connectivity index (χ3v) is 2.62. The van der Waals surface area contributed by atoms with E-state index in [1.165, 1.54) is 13.3 Å². The van der Waals surface area contributed by atoms with E-state index in [0.29, 0.717) is 11.8 Å². The van der Waals surface area contributed by atoms with Crippen molar-refractivity contribution in [2.24, 2.45) is 11.8 Å². The minimum Gasteiger partial charge on any atom is -0.342 e. The van der Waals surface area contributed by atoms with Crippen molar-refractivity contribution in [2.75, 3.05) is 13.1 Å². The van der Waals surface area contributed by atoms with Gasteiger partial charge in [-0.3, -0.25) is 9.59 Å². The van der Waals surface area contributed by atoms with Crippen molar-refractivity contribution < 1.29 is 9.59 Å². The highest BCUT2D eigenvalue weighted by Gasteiger charge is 2.25. The Balaban J connectivity index is 2.50. The maximum Gasteiger partial charge on any atom is 0.230 e. The van der Waals surface area contributed by atoms with Gasteiger partial charge in [0.2, 0.25) is 5.91 Å². The number of nitrogens with zero attached hydrogens (tertiary/aromatic N) is 1. The van der Waals surface area contributed by atoms with E-state index in [1.807, 2.05) is 4.90 Å². The predicted octanol–water partition coefficient (Wildman–Crippen LogP) is 1.47. The van der Waals surface area contributed by atoms with Crippen LogP contribution >= 0.6 is 0 Å². The lowest BCUT2D eigenvalue weighted by atomic mass is 9.91. The first-order chi connectivity index (χ1) is 6.49. The third kappa shape index (κ3) is 3.13. The highest BCUT2D eigenvalue weighted by atomic mass is 16.2. The molecule has 1 aliphatic rings. The van der Waals surface area contributed by atoms with Crippen LogP contribution in [0.25, 0.3) is 0 Å². The number of ketones is 1. The summed E-state index contributed by atoms with van der Waals surface area (Å²) in [5, 5.41) is 0. The Bertz CT molecular complexity index is 227. The van der Waals surface area contributed by atoms with E-state index in [4.69, 9.17) is 0 Å². The Morgan fingerprint density at radius 1 is 1.21 bits per heavy atom. The van der Waals surface area contributed by atoms with Gasteiger partial charge in [-0.15, -0.1) is 0 Å². The van der Waals surface area contributed by atoms with Crippen molar-refractivity contribution in [1.82, 2.24) is 4.90 Å². The molecule has 3 nitrogen and oxygen atoms in total. The number of hydrogen-bond donors (Lipinski definition) is 0. The second-order valence-corrected chi connectivity index (χ2v) is 4.62. The number of rotatable bonds is 2. The van der Waals surface area contributed by atoms with Gasteiger partial charge < -0.3 is 4.90 Å². The van der Waals surface area contributed by atoms with Crippen molar-refractivity contribution in [3.63, 3.8) is 0 Å². The molecule has 3 heteroatoms. The van der Waals surface area contributed by atoms with Gasteiger partial charge in [0.1, 0.15) is 5.78 Å². The largest absolute Gasteiger partial charge is 0.342 e. The number of amides is 1. The molecular weight excluding hydrogens is 178 g/mol. The van der Waals surface area contributed by atoms with Gasteiger partial charge in [0.25, 0.3) is 0 Å². The fraction of sp³-hybridized carbons (Fsp3) is 0.818. The summed E-state index contributed by atoms with van der Waals surface area (Å²) in [5.41, 5.74) is 0. The Labute approximate surface area is 85.5 Å². The van der Waals surface area contributed by atoms with Crippen LogP contribution in [-0.2, 0) is 9.59 Å². The van der Waals surface area contributed by atoms with Crippen LogP contribution in [0.3, 0.4) is 0 Å². The van der Waals surface area contributed by atoms with Gasteiger partial charge in [0, 0.05) is 13.1 Å². The van der Waals surface area contributed by atoms with Gasteiger partial charge >= 0.3 is 0 Å². The number of likely N-dealkylation sites (tertiary alicyclic amines) is 1. The zero-order chi connectivity index (χ0) is 10.7. The maximum atomic E-state index is 11.6. The normalized spacial score (nSPS) is 27.5. The zero-order valence-corrected chi connectivity index (χ0v) is 9.25. The summed E-state index contributed by atoms with van der Waals surface area (Å²) >= 11 is 0. The van der Waals surface area contributed by atoms with Crippen molar-refractivity contribution in [2.45, 2.75) is 33.6 Å². The van der Waals surface area contributed by atoms with Gasteiger partial charge in [-0.1, -0.05) is 13.8 Å². The molecule has 1 amide bonds. The summed E-state index contributed by atoms with van der Waals surface area (Å²) in [4.78, 5) is 24.3. The number of piperidine rings is 1. The van der Waals surface area contributed by atoms with E-state index in [1.54, 1.807) is 0 Å². The van der Waals surface area contributed by atoms with E-state index >= 15 is 0 Å². The smallest absolute Gasteiger partial charge is 0.230 e. The molecule has 0 aromatic heterocycles. The number of carbonyl (C=O) groups excluding carboxylic acids is 2. The van der Waals surface area contributed by atoms with E-state index < -0.39 is 0 Å². The fourth-order valence-corrected chi connectivity index (χ4v) is 2.19. The molecular formula is C11H19NO2. The van der Waals surface area contributed by atoms with E-state index in [2.05, 4.69) is 13.8 Å². The maximum absolute atomic E-state index is 11.6. The molecule has 0 N–H and O–H groups in total. The summed E-state index contributed by atoms with van der Waals surface area (Å²) in [6.07, 6.45) is 1.25. The lowest BCUT2D eigenvalue weighted by Crippen LogP contribution is -2.43. The third-order valence-electron chi connectivity index (χ3n) is 2.62. The minimum absolute atomic E-state index is 0.00380. The van der Waals surface area contributed by atoms with Crippen LogP contribution in [0.2, 0.25) is 0 Å². The first-order valence-corrected chi connectivity index (χ1v) is 5.26. The molecule has 0 aromatic carbocycles. The monoisotopic (exact) mass is 197 g/mol. The highest BCUT2D eigenvalue weighted by molar-refractivity contribution is 5.96. The molecule has 0 aromatic rings. The first kappa shape index (κ1) is 11.2. The molecule has 0 radical (unpaired) electrons. The molecule has 0 spiro atoms. The Morgan fingerprint density at radius 2 is 1.71 bits per heavy atom. The van der Waals surface area contributed by atoms with Crippen molar-refractivity contribution in [3.05, 3.63) is 0 Å². The van der Waals surface area contributed by atoms with Gasteiger partial charge in [-0.25, -0.2) is 0 Å². The predicted molar refractivity (Wildman–Crippen MR) is 54.8 cm³/mol. The van der Waals surface area contributed by atoms with Crippen LogP contribution < -0.4 is 0 Å². The summed E-state index contributed by atoms with van der Waals surface area (Å²) in [5.74, 6) is 1.08. The van der Waals surface area contributed by atoms with Gasteiger partial charge in [-0.2, -0.15) is 0 Å². The van der Waals surface area contributed by atoms with Crippen molar-refractivity contribution >= 4 is 11.7 Å². The topological polar surface area (TPSA) is 37.4 Å². The summed E-state index contributed by atoms with van der Waals surface area (Å²) < 4.78 is 0. The van der Waals surface area contributed by atoms with E-state index in [9.17, 15) is 9.59 Å². The first-order valence-electron chi connectivity index (χ1n) is 5.26. The van der Waals surface area contributed by atoms with E-state index in [-0.39, 0.29) is 18.1 Å². The molecule has 0 unspecified atom stereocenters. The Hall–Kier alpha value is -0.860. The Kier molecular flexibility index (Phi) is 3.67. The molecule has 14 heavy (non-hydrogen) atoms. The molecule has 1 rings (SSSR count). The lowest BCUT2D eigenvalue weighted by Gasteiger charge is -2.34. The Morgan fingerprint density at radius 3 is 2.14 bits per heavy atom. The van der Waals surface area contributed by atoms with Crippen LogP contribution in [0, 0.1) is 11.8 Å². The van der Waals surface area contributed by atoms with E-state index in [0.717, 1.165) is 13.1 Å². The number of Topliss-reactive ketones (excluding diaryl/α,β-unsaturated/α-hetero) is 1. The molecule has 2 atom stereocenters. The highest BCUT2D eigenvalue weighted by Crippen LogP contribution is 2.21. The summed E-state index contributed by atoms with van der Waals surface area (Å²) in [6.45, 7) is 7.41. The molecule has 0 bridgehead atoms. The van der Waals surface area contributed by atoms with Gasteiger partial charge in [0.15, 0.2) is 0 Å². The summed E-state index contributed by atoms with van der Waals surface area (Å²) in [7, 11) is 0. The molecule has 0 saturated carbocycles. The minimum atomic E-state index is -0.0409. The fourth-order valence-electron chi connectivity index (χ4n) is 2.19. The SMILES string of the molecule is CC(=O)CC(=O)N1C[C@H](C)C[C@@H](C)C1. The average Bonchev–Trinajstić information content (AvgIpc) is 2.00. The summed E-state index contributed by atoms with van der Waals surface area (Å²) in [6, 6.07) is 0. The number of carbonyl (C=O) groups is 2. The van der Waals surface area contributed by atoms with Crippen molar-refractivity contribution in [1.29, 1.82) is 0 Å². The van der Waals surface area contributed by atoms with Crippen LogP contribution in [0.5, 0.6) is 0 Å². The second-order valence-electron chi connectivity index (χ2n) is 4.62. The standard InChI is InChI=1S/C11H19NO2/c1-8-4-9(2)7-12(6-8)11(14)5-10(3)13/h8-9H,4-7H2,1-3H3/t8-,9-/m1/s1. The number of hydrogen-bond acceptors (Lipinski definition) is 2. The van der Waals surface area contributed by atoms with Crippen LogP contribution in [-0.4, -0.2) is 29.7 Å². The molecule has 0 aliphatic carbocycles. The van der Waals surface area contributed by atoms with Gasteiger partial charge in [-0.05, 0) is 25.2 Å². The molecule has 1 aliphatic heterocycles. The second kappa shape index (κ2) is 4.58. The zero-order valence-electron chi connectivity index (χ0n) is 9.25. The molecule has 1 fully saturated rings. The van der Waals surface area contributed by atoms with Crippen LogP contribution in [0.4, 0.5) is 0 Å². The molecule has 1 heterocycles.